The molecule has 0 spiro atoms. The van der Waals surface area contributed by atoms with Crippen LogP contribution in [0.25, 0.3) is 0 Å². The Labute approximate surface area is 173 Å². The molecule has 150 valence electrons. The lowest BCUT2D eigenvalue weighted by Crippen LogP contribution is -2.28. The number of anilines is 1. The number of hydrogen-bond donors (Lipinski definition) is 1. The molecule has 0 bridgehead atoms. The summed E-state index contributed by atoms with van der Waals surface area (Å²) >= 11 is 1.33. The Morgan fingerprint density at radius 1 is 1.24 bits per heavy atom. The van der Waals surface area contributed by atoms with E-state index in [2.05, 4.69) is 16.4 Å². The van der Waals surface area contributed by atoms with Gasteiger partial charge in [-0.05, 0) is 68.5 Å². The highest BCUT2D eigenvalue weighted by molar-refractivity contribution is 8.00. The van der Waals surface area contributed by atoms with Gasteiger partial charge < -0.3 is 9.73 Å². The lowest BCUT2D eigenvalue weighted by molar-refractivity contribution is -0.113. The normalized spacial score (nSPS) is 12.8. The van der Waals surface area contributed by atoms with Gasteiger partial charge in [-0.15, -0.1) is 0 Å². The molecule has 4 rings (SSSR count). The molecule has 29 heavy (non-hydrogen) atoms. The van der Waals surface area contributed by atoms with Gasteiger partial charge in [0.05, 0.1) is 18.6 Å². The van der Waals surface area contributed by atoms with Gasteiger partial charge in [-0.3, -0.25) is 9.36 Å². The minimum atomic E-state index is -0.292. The number of nitrogens with zero attached hydrogens (tertiary/aromatic N) is 2. The van der Waals surface area contributed by atoms with Crippen LogP contribution in [-0.4, -0.2) is 21.2 Å². The number of carbonyl (C=O) groups is 1. The molecule has 0 saturated heterocycles. The number of nitrogens with one attached hydrogen (secondary N) is 1. The Balaban J connectivity index is 1.49. The largest absolute Gasteiger partial charge is 0.467 e. The predicted octanol–water partition coefficient (Wildman–Crippen LogP) is 3.72. The van der Waals surface area contributed by atoms with Crippen LogP contribution in [0.3, 0.4) is 0 Å². The van der Waals surface area contributed by atoms with Crippen LogP contribution < -0.4 is 11.0 Å². The number of aryl methyl sites for hydroxylation is 2. The fraction of sp³-hybridized carbons (Fsp3) is 0.318. The molecule has 6 nitrogen and oxygen atoms in total. The summed E-state index contributed by atoms with van der Waals surface area (Å²) in [5.74, 6) is 0.846. The van der Waals surface area contributed by atoms with E-state index in [0.717, 1.165) is 53.1 Å². The topological polar surface area (TPSA) is 77.1 Å². The monoisotopic (exact) mass is 409 g/mol. The smallest absolute Gasteiger partial charge is 0.349 e. The molecular weight excluding hydrogens is 386 g/mol. The maximum atomic E-state index is 12.6. The molecule has 7 heteroatoms. The third-order valence-corrected chi connectivity index (χ3v) is 5.96. The van der Waals surface area contributed by atoms with Crippen LogP contribution in [-0.2, 0) is 24.2 Å². The van der Waals surface area contributed by atoms with Gasteiger partial charge >= 0.3 is 5.69 Å². The molecule has 2 aromatic heterocycles. The molecule has 0 saturated carbocycles. The Kier molecular flexibility index (Phi) is 5.58. The van der Waals surface area contributed by atoms with Crippen molar-refractivity contribution >= 4 is 23.4 Å². The minimum absolute atomic E-state index is 0.103. The van der Waals surface area contributed by atoms with E-state index in [9.17, 15) is 9.59 Å². The highest BCUT2D eigenvalue weighted by Crippen LogP contribution is 2.29. The molecule has 0 radical (unpaired) electrons. The van der Waals surface area contributed by atoms with Gasteiger partial charge in [0.2, 0.25) is 5.91 Å². The van der Waals surface area contributed by atoms with E-state index in [-0.39, 0.29) is 17.3 Å². The Bertz CT molecular complexity index is 1080. The van der Waals surface area contributed by atoms with Crippen molar-refractivity contribution in [3.63, 3.8) is 0 Å². The van der Waals surface area contributed by atoms with Crippen molar-refractivity contribution in [2.24, 2.45) is 0 Å². The van der Waals surface area contributed by atoms with Crippen LogP contribution in [0.5, 0.6) is 0 Å². The molecule has 1 aromatic carbocycles. The molecule has 1 aliphatic rings. The zero-order chi connectivity index (χ0) is 20.4. The summed E-state index contributed by atoms with van der Waals surface area (Å²) in [6.45, 7) is 4.39. The van der Waals surface area contributed by atoms with Crippen molar-refractivity contribution < 1.29 is 9.21 Å². The predicted molar refractivity (Wildman–Crippen MR) is 114 cm³/mol. The van der Waals surface area contributed by atoms with Gasteiger partial charge in [0.1, 0.15) is 10.8 Å². The van der Waals surface area contributed by atoms with Gasteiger partial charge in [0, 0.05) is 16.9 Å². The average Bonchev–Trinajstić information content (AvgIpc) is 3.33. The molecule has 0 fully saturated rings. The lowest BCUT2D eigenvalue weighted by Gasteiger charge is -2.13. The molecule has 1 N–H and O–H groups in total. The molecular formula is C22H23N3O3S. The molecule has 0 aliphatic heterocycles. The van der Waals surface area contributed by atoms with Crippen LogP contribution in [0.1, 0.15) is 34.6 Å². The Morgan fingerprint density at radius 3 is 2.76 bits per heavy atom. The van der Waals surface area contributed by atoms with Crippen molar-refractivity contribution in [1.29, 1.82) is 0 Å². The van der Waals surface area contributed by atoms with E-state index in [1.165, 1.54) is 11.8 Å². The number of aromatic nitrogens is 2. The molecule has 0 unspecified atom stereocenters. The molecule has 1 aliphatic carbocycles. The first-order chi connectivity index (χ1) is 14.0. The van der Waals surface area contributed by atoms with Gasteiger partial charge in [0.15, 0.2) is 0 Å². The number of benzene rings is 1. The third kappa shape index (κ3) is 4.45. The number of carbonyl (C=O) groups excluding carboxylic acids is 1. The summed E-state index contributed by atoms with van der Waals surface area (Å²) < 4.78 is 7.08. The maximum Gasteiger partial charge on any atom is 0.349 e. The molecule has 1 amide bonds. The van der Waals surface area contributed by atoms with Crippen molar-refractivity contribution in [2.75, 3.05) is 11.1 Å². The van der Waals surface area contributed by atoms with Crippen LogP contribution in [0.2, 0.25) is 0 Å². The van der Waals surface area contributed by atoms with Crippen LogP contribution in [0.15, 0.2) is 50.8 Å². The van der Waals surface area contributed by atoms with E-state index in [4.69, 9.17) is 4.42 Å². The van der Waals surface area contributed by atoms with Crippen LogP contribution in [0, 0.1) is 13.8 Å². The van der Waals surface area contributed by atoms with Crippen molar-refractivity contribution in [3.8, 4) is 0 Å². The average molecular weight is 410 g/mol. The van der Waals surface area contributed by atoms with E-state index >= 15 is 0 Å². The molecule has 0 atom stereocenters. The second-order valence-electron chi connectivity index (χ2n) is 7.36. The summed E-state index contributed by atoms with van der Waals surface area (Å²) in [7, 11) is 0. The Hall–Kier alpha value is -2.80. The van der Waals surface area contributed by atoms with E-state index < -0.39 is 0 Å². The number of rotatable bonds is 6. The number of thioether (sulfide) groups is 1. The lowest BCUT2D eigenvalue weighted by atomic mass is 10.1. The molecule has 2 heterocycles. The highest BCUT2D eigenvalue weighted by Gasteiger charge is 2.23. The van der Waals surface area contributed by atoms with E-state index in [0.29, 0.717) is 11.6 Å². The summed E-state index contributed by atoms with van der Waals surface area (Å²) in [6.07, 6.45) is 4.31. The van der Waals surface area contributed by atoms with Gasteiger partial charge in [0.25, 0.3) is 0 Å². The number of amides is 1. The van der Waals surface area contributed by atoms with Gasteiger partial charge in [-0.2, -0.15) is 4.98 Å². The van der Waals surface area contributed by atoms with Crippen LogP contribution in [0.4, 0.5) is 5.69 Å². The fourth-order valence-corrected chi connectivity index (χ4v) is 4.68. The second kappa shape index (κ2) is 8.29. The first-order valence-electron chi connectivity index (χ1n) is 9.65. The van der Waals surface area contributed by atoms with Crippen molar-refractivity contribution in [3.05, 3.63) is 75.2 Å². The fourth-order valence-electron chi connectivity index (χ4n) is 3.80. The number of furan rings is 1. The third-order valence-electron chi connectivity index (χ3n) is 4.94. The Morgan fingerprint density at radius 2 is 2.03 bits per heavy atom. The zero-order valence-corrected chi connectivity index (χ0v) is 17.3. The summed E-state index contributed by atoms with van der Waals surface area (Å²) in [5, 5.41) is 3.61. The summed E-state index contributed by atoms with van der Waals surface area (Å²) in [6, 6.07) is 9.62. The minimum Gasteiger partial charge on any atom is -0.467 e. The first kappa shape index (κ1) is 19.5. The summed E-state index contributed by atoms with van der Waals surface area (Å²) in [4.78, 5) is 29.3. The highest BCUT2D eigenvalue weighted by atomic mass is 32.2. The van der Waals surface area contributed by atoms with Gasteiger partial charge in [-0.25, -0.2) is 4.79 Å². The number of fused-ring (bicyclic) bond motifs is 1. The van der Waals surface area contributed by atoms with Crippen LogP contribution >= 0.6 is 11.8 Å². The van der Waals surface area contributed by atoms with Crippen molar-refractivity contribution in [1.82, 2.24) is 9.55 Å². The second-order valence-corrected chi connectivity index (χ2v) is 8.32. The SMILES string of the molecule is Cc1cc(C)cc(NC(=O)CSc2nc(=O)n(Cc3ccco3)c3c2CCC3)c1. The maximum absolute atomic E-state index is 12.6. The zero-order valence-electron chi connectivity index (χ0n) is 16.5. The number of hydrogen-bond acceptors (Lipinski definition) is 5. The summed E-state index contributed by atoms with van der Waals surface area (Å²) in [5.41, 5.74) is 4.80. The van der Waals surface area contributed by atoms with E-state index in [1.807, 2.05) is 38.1 Å². The van der Waals surface area contributed by atoms with Crippen molar-refractivity contribution in [2.45, 2.75) is 44.7 Å². The quantitative estimate of drug-likeness (QED) is 0.496. The van der Waals surface area contributed by atoms with E-state index in [1.54, 1.807) is 10.8 Å². The molecule has 3 aromatic rings. The first-order valence-corrected chi connectivity index (χ1v) is 10.6. The standard InChI is InChI=1S/C22H23N3O3S/c1-14-9-15(2)11-16(10-14)23-20(26)13-29-21-18-6-3-7-19(18)25(22(27)24-21)12-17-5-4-8-28-17/h4-5,8-11H,3,6-7,12-13H2,1-2H3,(H,23,26). The van der Waals surface area contributed by atoms with Gasteiger partial charge in [-0.1, -0.05) is 17.8 Å².